The molecule has 2 heterocycles. The molecule has 0 aliphatic carbocycles. The number of allylic oxidation sites excluding steroid dienone is 1. The van der Waals surface area contributed by atoms with Crippen LogP contribution in [0, 0.1) is 0 Å². The summed E-state index contributed by atoms with van der Waals surface area (Å²) in [6.07, 6.45) is 3.46. The summed E-state index contributed by atoms with van der Waals surface area (Å²) in [6, 6.07) is 19.0. The highest BCUT2D eigenvalue weighted by atomic mass is 16.5. The Hall–Kier alpha value is -4.32. The lowest BCUT2D eigenvalue weighted by Gasteiger charge is -2.22. The lowest BCUT2D eigenvalue weighted by atomic mass is 10.0. The van der Waals surface area contributed by atoms with E-state index in [1.165, 1.54) is 0 Å². The van der Waals surface area contributed by atoms with Gasteiger partial charge in [-0.15, -0.1) is 0 Å². The van der Waals surface area contributed by atoms with E-state index in [9.17, 15) is 9.59 Å². The Morgan fingerprint density at radius 2 is 1.73 bits per heavy atom. The molecule has 0 fully saturated rings. The first-order valence-electron chi connectivity index (χ1n) is 10.4. The number of ether oxygens (including phenoxy) is 4. The summed E-state index contributed by atoms with van der Waals surface area (Å²) in [6.45, 7) is 1.92. The van der Waals surface area contributed by atoms with E-state index in [0.717, 1.165) is 16.9 Å². The van der Waals surface area contributed by atoms with Crippen LogP contribution >= 0.6 is 0 Å². The van der Waals surface area contributed by atoms with Gasteiger partial charge in [-0.3, -0.25) is 4.79 Å². The molecule has 6 heteroatoms. The van der Waals surface area contributed by atoms with Crippen molar-refractivity contribution in [3.8, 4) is 23.0 Å². The van der Waals surface area contributed by atoms with E-state index in [0.29, 0.717) is 22.6 Å². The van der Waals surface area contributed by atoms with Crippen LogP contribution < -0.4 is 18.9 Å². The maximum absolute atomic E-state index is 12.9. The third-order valence-electron chi connectivity index (χ3n) is 5.49. The molecule has 0 saturated carbocycles. The minimum Gasteiger partial charge on any atom is -0.497 e. The molecule has 33 heavy (non-hydrogen) atoms. The summed E-state index contributed by atoms with van der Waals surface area (Å²) >= 11 is 0. The molecule has 3 aromatic rings. The van der Waals surface area contributed by atoms with Crippen molar-refractivity contribution in [1.82, 2.24) is 0 Å². The molecule has 5 rings (SSSR count). The lowest BCUT2D eigenvalue weighted by Crippen LogP contribution is -2.18. The average Bonchev–Trinajstić information content (AvgIpc) is 3.14. The molecule has 0 saturated heterocycles. The fourth-order valence-electron chi connectivity index (χ4n) is 3.70. The summed E-state index contributed by atoms with van der Waals surface area (Å²) < 4.78 is 22.3. The molecule has 2 aliphatic rings. The van der Waals surface area contributed by atoms with Gasteiger partial charge in [0.1, 0.15) is 29.1 Å². The van der Waals surface area contributed by atoms with Crippen LogP contribution in [0.5, 0.6) is 23.0 Å². The summed E-state index contributed by atoms with van der Waals surface area (Å²) in [4.78, 5) is 25.3. The van der Waals surface area contributed by atoms with Crippen LogP contribution in [-0.2, 0) is 0 Å². The van der Waals surface area contributed by atoms with Gasteiger partial charge in [0.05, 0.1) is 18.2 Å². The standard InChI is InChI=1S/C27H20O6/c1-16-19(13-18-5-3-4-6-23(18)31-16)14-25-26(28)22-12-11-21(15-24(22)33-25)32-27(29)17-7-9-20(30-2)10-8-17/h3-16H,1-2H3/b25-14-. The second-order valence-electron chi connectivity index (χ2n) is 7.66. The van der Waals surface area contributed by atoms with Gasteiger partial charge in [0.15, 0.2) is 5.76 Å². The first kappa shape index (κ1) is 20.6. The number of rotatable bonds is 4. The molecular formula is C27H20O6. The number of carbonyl (C=O) groups excluding carboxylic acids is 2. The predicted molar refractivity (Wildman–Crippen MR) is 122 cm³/mol. The number of benzene rings is 3. The van der Waals surface area contributed by atoms with Gasteiger partial charge in [-0.2, -0.15) is 0 Å². The monoisotopic (exact) mass is 440 g/mol. The first-order valence-corrected chi connectivity index (χ1v) is 10.4. The number of Topliss-reactive ketones (excluding diaryl/α,β-unsaturated/α-hetero) is 1. The van der Waals surface area contributed by atoms with Crippen LogP contribution in [0.15, 0.2) is 84.1 Å². The van der Waals surface area contributed by atoms with Crippen LogP contribution in [0.1, 0.15) is 33.2 Å². The number of esters is 1. The molecule has 3 aromatic carbocycles. The van der Waals surface area contributed by atoms with E-state index in [-0.39, 0.29) is 23.4 Å². The second kappa shape index (κ2) is 8.31. The van der Waals surface area contributed by atoms with Crippen molar-refractivity contribution in [2.75, 3.05) is 7.11 Å². The largest absolute Gasteiger partial charge is 0.497 e. The van der Waals surface area contributed by atoms with Gasteiger partial charge < -0.3 is 18.9 Å². The lowest BCUT2D eigenvalue weighted by molar-refractivity contribution is 0.0734. The van der Waals surface area contributed by atoms with Gasteiger partial charge in [-0.05, 0) is 67.1 Å². The molecule has 0 N–H and O–H groups in total. The smallest absolute Gasteiger partial charge is 0.343 e. The van der Waals surface area contributed by atoms with Crippen LogP contribution in [0.25, 0.3) is 6.08 Å². The van der Waals surface area contributed by atoms with E-state index in [1.54, 1.807) is 55.7 Å². The van der Waals surface area contributed by atoms with Crippen LogP contribution in [0.4, 0.5) is 0 Å². The zero-order chi connectivity index (χ0) is 22.9. The van der Waals surface area contributed by atoms with E-state index in [1.807, 2.05) is 37.3 Å². The predicted octanol–water partition coefficient (Wildman–Crippen LogP) is 5.24. The third-order valence-corrected chi connectivity index (χ3v) is 5.49. The zero-order valence-corrected chi connectivity index (χ0v) is 18.0. The van der Waals surface area contributed by atoms with Gasteiger partial charge >= 0.3 is 5.97 Å². The van der Waals surface area contributed by atoms with Gasteiger partial charge in [0.2, 0.25) is 5.78 Å². The molecule has 0 radical (unpaired) electrons. The Labute approximate surface area is 190 Å². The van der Waals surface area contributed by atoms with Crippen molar-refractivity contribution in [2.45, 2.75) is 13.0 Å². The van der Waals surface area contributed by atoms with Gasteiger partial charge in [0.25, 0.3) is 0 Å². The Kier molecular flexibility index (Phi) is 5.18. The van der Waals surface area contributed by atoms with E-state index < -0.39 is 5.97 Å². The Balaban J connectivity index is 1.36. The van der Waals surface area contributed by atoms with Crippen molar-refractivity contribution >= 4 is 17.8 Å². The average molecular weight is 440 g/mol. The first-order chi connectivity index (χ1) is 16.0. The molecule has 0 bridgehead atoms. The molecule has 0 spiro atoms. The summed E-state index contributed by atoms with van der Waals surface area (Å²) in [7, 11) is 1.55. The van der Waals surface area contributed by atoms with Gasteiger partial charge in [0, 0.05) is 11.6 Å². The summed E-state index contributed by atoms with van der Waals surface area (Å²) in [5, 5.41) is 0. The maximum atomic E-state index is 12.9. The minimum atomic E-state index is -0.519. The van der Waals surface area contributed by atoms with Crippen molar-refractivity contribution < 1.29 is 28.5 Å². The number of hydrogen-bond acceptors (Lipinski definition) is 6. The minimum absolute atomic E-state index is 0.199. The van der Waals surface area contributed by atoms with E-state index in [2.05, 4.69) is 0 Å². The maximum Gasteiger partial charge on any atom is 0.343 e. The number of para-hydroxylation sites is 1. The number of fused-ring (bicyclic) bond motifs is 2. The quantitative estimate of drug-likeness (QED) is 0.314. The SMILES string of the molecule is COc1ccc(C(=O)Oc2ccc3c(c2)O/C(=C\C2=Cc4ccccc4OC2C)C3=O)cc1. The molecular weight excluding hydrogens is 420 g/mol. The number of ketones is 1. The Morgan fingerprint density at radius 3 is 2.52 bits per heavy atom. The fourth-order valence-corrected chi connectivity index (χ4v) is 3.70. The van der Waals surface area contributed by atoms with E-state index in [4.69, 9.17) is 18.9 Å². The molecule has 1 atom stereocenters. The molecule has 164 valence electrons. The molecule has 0 amide bonds. The highest BCUT2D eigenvalue weighted by Gasteiger charge is 2.29. The Bertz CT molecular complexity index is 1320. The normalized spacial score (nSPS) is 17.4. The molecule has 2 aliphatic heterocycles. The zero-order valence-electron chi connectivity index (χ0n) is 18.0. The van der Waals surface area contributed by atoms with Crippen molar-refractivity contribution in [2.24, 2.45) is 0 Å². The Morgan fingerprint density at radius 1 is 0.970 bits per heavy atom. The summed E-state index contributed by atoms with van der Waals surface area (Å²) in [5.74, 6) is 1.52. The third kappa shape index (κ3) is 3.99. The van der Waals surface area contributed by atoms with Gasteiger partial charge in [-0.1, -0.05) is 18.2 Å². The number of hydrogen-bond donors (Lipinski definition) is 0. The highest BCUT2D eigenvalue weighted by molar-refractivity contribution is 6.12. The van der Waals surface area contributed by atoms with Crippen molar-refractivity contribution in [3.05, 3.63) is 101 Å². The van der Waals surface area contributed by atoms with Crippen LogP contribution in [0.3, 0.4) is 0 Å². The van der Waals surface area contributed by atoms with Crippen LogP contribution in [-0.4, -0.2) is 25.0 Å². The molecule has 1 unspecified atom stereocenters. The van der Waals surface area contributed by atoms with E-state index >= 15 is 0 Å². The van der Waals surface area contributed by atoms with Crippen molar-refractivity contribution in [1.29, 1.82) is 0 Å². The van der Waals surface area contributed by atoms with Crippen LogP contribution in [0.2, 0.25) is 0 Å². The fraction of sp³-hybridized carbons (Fsp3) is 0.111. The topological polar surface area (TPSA) is 71.1 Å². The number of carbonyl (C=O) groups is 2. The van der Waals surface area contributed by atoms with Gasteiger partial charge in [-0.25, -0.2) is 4.79 Å². The molecule has 6 nitrogen and oxygen atoms in total. The summed E-state index contributed by atoms with van der Waals surface area (Å²) in [5.41, 5.74) is 2.57. The second-order valence-corrected chi connectivity index (χ2v) is 7.66. The van der Waals surface area contributed by atoms with Crippen molar-refractivity contribution in [3.63, 3.8) is 0 Å². The number of methoxy groups -OCH3 is 1. The highest BCUT2D eigenvalue weighted by Crippen LogP contribution is 2.36. The molecule has 0 aromatic heterocycles.